The first-order valence-corrected chi connectivity index (χ1v) is 6.55. The summed E-state index contributed by atoms with van der Waals surface area (Å²) >= 11 is 0. The zero-order valence-corrected chi connectivity index (χ0v) is 11.7. The Labute approximate surface area is 117 Å². The molecule has 0 saturated heterocycles. The minimum atomic E-state index is -4.34. The number of carbonyl (C=O) groups is 1. The van der Waals surface area contributed by atoms with E-state index in [0.29, 0.717) is 12.0 Å². The van der Waals surface area contributed by atoms with Crippen LogP contribution in [0.5, 0.6) is 0 Å². The van der Waals surface area contributed by atoms with Gasteiger partial charge in [-0.05, 0) is 23.6 Å². The van der Waals surface area contributed by atoms with Crippen molar-refractivity contribution in [3.05, 3.63) is 48.0 Å². The van der Waals surface area contributed by atoms with E-state index in [1.54, 1.807) is 6.08 Å². The topological polar surface area (TPSA) is 17.1 Å². The highest BCUT2D eigenvalue weighted by Crippen LogP contribution is 2.31. The van der Waals surface area contributed by atoms with Crippen LogP contribution in [0.15, 0.2) is 36.9 Å². The molecule has 1 aromatic carbocycles. The van der Waals surface area contributed by atoms with E-state index < -0.39 is 11.7 Å². The second kappa shape index (κ2) is 6.73. The van der Waals surface area contributed by atoms with E-state index in [1.807, 2.05) is 13.8 Å². The molecule has 0 aromatic heterocycles. The normalized spacial score (nSPS) is 13.3. The lowest BCUT2D eigenvalue weighted by molar-refractivity contribution is -0.137. The van der Waals surface area contributed by atoms with Crippen LogP contribution < -0.4 is 0 Å². The van der Waals surface area contributed by atoms with E-state index in [0.717, 1.165) is 12.1 Å². The van der Waals surface area contributed by atoms with Gasteiger partial charge in [0.05, 0.1) is 5.56 Å². The molecule has 1 aromatic rings. The largest absolute Gasteiger partial charge is 0.416 e. The lowest BCUT2D eigenvalue weighted by Gasteiger charge is -2.14. The maximum absolute atomic E-state index is 12.5. The quantitative estimate of drug-likeness (QED) is 0.673. The van der Waals surface area contributed by atoms with Crippen LogP contribution in [0.3, 0.4) is 0 Å². The number of hydrogen-bond donors (Lipinski definition) is 0. The van der Waals surface area contributed by atoms with E-state index in [2.05, 4.69) is 6.58 Å². The fraction of sp³-hybridized carbons (Fsp3) is 0.438. The summed E-state index contributed by atoms with van der Waals surface area (Å²) in [5.74, 6) is 0.147. The molecule has 0 aliphatic heterocycles. The number of ketones is 1. The number of benzene rings is 1. The zero-order chi connectivity index (χ0) is 15.3. The van der Waals surface area contributed by atoms with Crippen LogP contribution in [0.4, 0.5) is 13.2 Å². The first-order chi connectivity index (χ1) is 9.24. The first kappa shape index (κ1) is 16.5. The molecule has 20 heavy (non-hydrogen) atoms. The van der Waals surface area contributed by atoms with Crippen LogP contribution in [0, 0.1) is 5.92 Å². The molecule has 0 heterocycles. The fourth-order valence-electron chi connectivity index (χ4n) is 2.04. The molecule has 4 heteroatoms. The van der Waals surface area contributed by atoms with Gasteiger partial charge in [0.2, 0.25) is 0 Å². The van der Waals surface area contributed by atoms with Crippen molar-refractivity contribution in [3.8, 4) is 0 Å². The minimum Gasteiger partial charge on any atom is -0.300 e. The summed E-state index contributed by atoms with van der Waals surface area (Å²) in [4.78, 5) is 11.8. The molecular weight excluding hydrogens is 265 g/mol. The summed E-state index contributed by atoms with van der Waals surface area (Å²) in [6.45, 7) is 7.58. The van der Waals surface area contributed by atoms with Crippen molar-refractivity contribution in [1.29, 1.82) is 0 Å². The molecule has 0 aliphatic carbocycles. The second-order valence-corrected chi connectivity index (χ2v) is 5.30. The molecule has 0 bridgehead atoms. The third kappa shape index (κ3) is 4.83. The number of alkyl halides is 3. The van der Waals surface area contributed by atoms with Gasteiger partial charge in [-0.15, -0.1) is 6.58 Å². The number of rotatable bonds is 6. The average Bonchev–Trinajstić information content (AvgIpc) is 2.34. The Hall–Kier alpha value is -1.58. The first-order valence-electron chi connectivity index (χ1n) is 6.55. The van der Waals surface area contributed by atoms with E-state index in [1.165, 1.54) is 12.1 Å². The molecular formula is C16H19F3O. The van der Waals surface area contributed by atoms with E-state index in [9.17, 15) is 18.0 Å². The number of Topliss-reactive ketones (excluding diaryl/α,β-unsaturated/α-hetero) is 1. The Bertz CT molecular complexity index is 458. The van der Waals surface area contributed by atoms with Crippen LogP contribution >= 0.6 is 0 Å². The van der Waals surface area contributed by atoms with Gasteiger partial charge in [-0.25, -0.2) is 0 Å². The van der Waals surface area contributed by atoms with Crippen molar-refractivity contribution in [1.82, 2.24) is 0 Å². The van der Waals surface area contributed by atoms with E-state index >= 15 is 0 Å². The Balaban J connectivity index is 2.80. The molecule has 0 radical (unpaired) electrons. The van der Waals surface area contributed by atoms with Crippen LogP contribution in [0.2, 0.25) is 0 Å². The number of carbonyl (C=O) groups excluding carboxylic acids is 1. The molecule has 1 atom stereocenters. The summed E-state index contributed by atoms with van der Waals surface area (Å²) in [5, 5.41) is 0. The summed E-state index contributed by atoms with van der Waals surface area (Å²) in [5.41, 5.74) is 0.00248. The molecule has 0 spiro atoms. The van der Waals surface area contributed by atoms with Gasteiger partial charge in [-0.1, -0.05) is 32.1 Å². The molecule has 1 nitrogen and oxygen atoms in total. The highest BCUT2D eigenvalue weighted by atomic mass is 19.4. The molecule has 1 rings (SSSR count). The van der Waals surface area contributed by atoms with Crippen molar-refractivity contribution in [2.24, 2.45) is 5.92 Å². The van der Waals surface area contributed by atoms with Gasteiger partial charge < -0.3 is 0 Å². The van der Waals surface area contributed by atoms with Gasteiger partial charge in [0.1, 0.15) is 5.78 Å². The molecule has 0 saturated carbocycles. The number of allylic oxidation sites excluding steroid dienone is 1. The van der Waals surface area contributed by atoms with Crippen LogP contribution in [0.25, 0.3) is 0 Å². The van der Waals surface area contributed by atoms with E-state index in [-0.39, 0.29) is 24.0 Å². The predicted octanol–water partition coefficient (Wildman–Crippen LogP) is 4.98. The highest BCUT2D eigenvalue weighted by molar-refractivity contribution is 5.79. The Morgan fingerprint density at radius 3 is 2.15 bits per heavy atom. The molecule has 110 valence electrons. The smallest absolute Gasteiger partial charge is 0.300 e. The third-order valence-electron chi connectivity index (χ3n) is 3.03. The molecule has 0 N–H and O–H groups in total. The van der Waals surface area contributed by atoms with Crippen molar-refractivity contribution in [3.63, 3.8) is 0 Å². The molecule has 0 aliphatic rings. The van der Waals surface area contributed by atoms with Crippen molar-refractivity contribution < 1.29 is 18.0 Å². The standard InChI is InChI=1S/C16H19F3O/c1-4-12(10-15(20)9-11(2)3)13-5-7-14(8-6-13)16(17,18)19/h4-8,11-12H,1,9-10H2,2-3H3/t12-/m0/s1. The summed E-state index contributed by atoms with van der Waals surface area (Å²) < 4.78 is 37.4. The summed E-state index contributed by atoms with van der Waals surface area (Å²) in [6.07, 6.45) is -1.96. The molecule has 0 unspecified atom stereocenters. The molecule has 0 fully saturated rings. The maximum atomic E-state index is 12.5. The maximum Gasteiger partial charge on any atom is 0.416 e. The molecule has 0 amide bonds. The van der Waals surface area contributed by atoms with Crippen molar-refractivity contribution >= 4 is 5.78 Å². The summed E-state index contributed by atoms with van der Waals surface area (Å²) in [6, 6.07) is 4.91. The number of hydrogen-bond acceptors (Lipinski definition) is 1. The second-order valence-electron chi connectivity index (χ2n) is 5.30. The lowest BCUT2D eigenvalue weighted by Crippen LogP contribution is -2.09. The average molecular weight is 284 g/mol. The highest BCUT2D eigenvalue weighted by Gasteiger charge is 2.30. The predicted molar refractivity (Wildman–Crippen MR) is 73.5 cm³/mol. The zero-order valence-electron chi connectivity index (χ0n) is 11.7. The fourth-order valence-corrected chi connectivity index (χ4v) is 2.04. The third-order valence-corrected chi connectivity index (χ3v) is 3.03. The summed E-state index contributed by atoms with van der Waals surface area (Å²) in [7, 11) is 0. The van der Waals surface area contributed by atoms with Crippen LogP contribution in [-0.2, 0) is 11.0 Å². The van der Waals surface area contributed by atoms with Gasteiger partial charge in [0, 0.05) is 18.8 Å². The van der Waals surface area contributed by atoms with Crippen molar-refractivity contribution in [2.45, 2.75) is 38.8 Å². The Kier molecular flexibility index (Phi) is 5.54. The van der Waals surface area contributed by atoms with Crippen LogP contribution in [0.1, 0.15) is 43.7 Å². The van der Waals surface area contributed by atoms with E-state index in [4.69, 9.17) is 0 Å². The Morgan fingerprint density at radius 1 is 1.20 bits per heavy atom. The van der Waals surface area contributed by atoms with Crippen LogP contribution in [-0.4, -0.2) is 5.78 Å². The van der Waals surface area contributed by atoms with Gasteiger partial charge in [-0.3, -0.25) is 4.79 Å². The van der Waals surface area contributed by atoms with Gasteiger partial charge in [-0.2, -0.15) is 13.2 Å². The minimum absolute atomic E-state index is 0.102. The van der Waals surface area contributed by atoms with Gasteiger partial charge in [0.15, 0.2) is 0 Å². The SMILES string of the molecule is C=C[C@@H](CC(=O)CC(C)C)c1ccc(C(F)(F)F)cc1. The Morgan fingerprint density at radius 2 is 1.75 bits per heavy atom. The van der Waals surface area contributed by atoms with Crippen molar-refractivity contribution in [2.75, 3.05) is 0 Å². The lowest BCUT2D eigenvalue weighted by atomic mass is 9.91. The van der Waals surface area contributed by atoms with Gasteiger partial charge >= 0.3 is 6.18 Å². The van der Waals surface area contributed by atoms with Gasteiger partial charge in [0.25, 0.3) is 0 Å². The monoisotopic (exact) mass is 284 g/mol. The number of halogens is 3.